The molecule has 0 amide bonds. The number of aromatic nitrogens is 2. The Hall–Kier alpha value is -2.42. The summed E-state index contributed by atoms with van der Waals surface area (Å²) in [4.78, 5) is 18.1. The van der Waals surface area contributed by atoms with Crippen LogP contribution in [0.2, 0.25) is 0 Å². The van der Waals surface area contributed by atoms with Gasteiger partial charge in [0, 0.05) is 28.9 Å². The number of nitrogens with one attached hydrogen (secondary N) is 1. The van der Waals surface area contributed by atoms with Gasteiger partial charge in [0.1, 0.15) is 0 Å². The lowest BCUT2D eigenvalue weighted by atomic mass is 10.1. The minimum absolute atomic E-state index is 0.590. The lowest BCUT2D eigenvalue weighted by Crippen LogP contribution is -1.87. The normalized spacial score (nSPS) is 10.6. The lowest BCUT2D eigenvalue weighted by molar-refractivity contribution is 0.112. The fourth-order valence-electron chi connectivity index (χ4n) is 1.93. The number of pyridine rings is 1. The molecule has 2 aromatic heterocycles. The minimum atomic E-state index is 0.590. The second-order valence-electron chi connectivity index (χ2n) is 3.84. The molecule has 3 nitrogen and oxygen atoms in total. The summed E-state index contributed by atoms with van der Waals surface area (Å²) in [5, 5.41) is 1.16. The van der Waals surface area contributed by atoms with Crippen LogP contribution in [0.15, 0.2) is 48.8 Å². The minimum Gasteiger partial charge on any atom is -0.361 e. The van der Waals surface area contributed by atoms with Crippen LogP contribution >= 0.6 is 0 Å². The van der Waals surface area contributed by atoms with Crippen molar-refractivity contribution < 1.29 is 4.79 Å². The standard InChI is InChI=1S/C14H10N2O/c17-9-10-4-5-13(16-8-10)12-3-1-2-11-6-7-15-14(11)12/h1-9,15H. The average Bonchev–Trinajstić information content (AvgIpc) is 2.87. The van der Waals surface area contributed by atoms with Gasteiger partial charge in [0.05, 0.1) is 11.2 Å². The van der Waals surface area contributed by atoms with E-state index in [1.54, 1.807) is 12.3 Å². The van der Waals surface area contributed by atoms with E-state index in [1.165, 1.54) is 0 Å². The number of rotatable bonds is 2. The fraction of sp³-hybridized carbons (Fsp3) is 0. The van der Waals surface area contributed by atoms with Gasteiger partial charge in [-0.2, -0.15) is 0 Å². The molecule has 3 heteroatoms. The summed E-state index contributed by atoms with van der Waals surface area (Å²) in [6, 6.07) is 11.7. The molecule has 0 bridgehead atoms. The van der Waals surface area contributed by atoms with Gasteiger partial charge in [-0.25, -0.2) is 0 Å². The van der Waals surface area contributed by atoms with Gasteiger partial charge in [0.2, 0.25) is 0 Å². The summed E-state index contributed by atoms with van der Waals surface area (Å²) in [6.45, 7) is 0. The van der Waals surface area contributed by atoms with E-state index in [0.717, 1.165) is 28.4 Å². The number of fused-ring (bicyclic) bond motifs is 1. The summed E-state index contributed by atoms with van der Waals surface area (Å²) in [5.74, 6) is 0. The van der Waals surface area contributed by atoms with E-state index in [0.29, 0.717) is 5.56 Å². The van der Waals surface area contributed by atoms with Gasteiger partial charge in [-0.3, -0.25) is 9.78 Å². The molecule has 2 heterocycles. The van der Waals surface area contributed by atoms with E-state index in [2.05, 4.69) is 16.0 Å². The first kappa shape index (κ1) is 9.78. The smallest absolute Gasteiger partial charge is 0.151 e. The number of nitrogens with zero attached hydrogens (tertiary/aromatic N) is 1. The van der Waals surface area contributed by atoms with Gasteiger partial charge >= 0.3 is 0 Å². The van der Waals surface area contributed by atoms with E-state index >= 15 is 0 Å². The molecule has 0 aliphatic heterocycles. The molecule has 0 spiro atoms. The number of carbonyl (C=O) groups excluding carboxylic acids is 1. The molecular weight excluding hydrogens is 212 g/mol. The Kier molecular flexibility index (Phi) is 2.22. The van der Waals surface area contributed by atoms with Crippen LogP contribution in [-0.4, -0.2) is 16.3 Å². The van der Waals surface area contributed by atoms with Crippen molar-refractivity contribution in [2.45, 2.75) is 0 Å². The molecule has 0 saturated heterocycles. The van der Waals surface area contributed by atoms with Crippen molar-refractivity contribution in [3.05, 3.63) is 54.4 Å². The number of aldehydes is 1. The first-order chi connectivity index (χ1) is 8.38. The molecule has 0 aliphatic rings. The highest BCUT2D eigenvalue weighted by Crippen LogP contribution is 2.25. The number of benzene rings is 1. The van der Waals surface area contributed by atoms with E-state index in [1.807, 2.05) is 30.5 Å². The largest absolute Gasteiger partial charge is 0.361 e. The zero-order valence-corrected chi connectivity index (χ0v) is 9.05. The van der Waals surface area contributed by atoms with Crippen molar-refractivity contribution in [1.29, 1.82) is 0 Å². The molecule has 1 aromatic carbocycles. The average molecular weight is 222 g/mol. The maximum Gasteiger partial charge on any atom is 0.151 e. The van der Waals surface area contributed by atoms with Crippen LogP contribution in [0, 0.1) is 0 Å². The van der Waals surface area contributed by atoms with Gasteiger partial charge in [-0.1, -0.05) is 18.2 Å². The van der Waals surface area contributed by atoms with Gasteiger partial charge in [-0.05, 0) is 18.2 Å². The van der Waals surface area contributed by atoms with Crippen LogP contribution in [-0.2, 0) is 0 Å². The summed E-state index contributed by atoms with van der Waals surface area (Å²) in [7, 11) is 0. The van der Waals surface area contributed by atoms with Crippen molar-refractivity contribution >= 4 is 17.2 Å². The third kappa shape index (κ3) is 1.61. The number of hydrogen-bond acceptors (Lipinski definition) is 2. The highest BCUT2D eigenvalue weighted by Gasteiger charge is 2.05. The first-order valence-corrected chi connectivity index (χ1v) is 5.36. The van der Waals surface area contributed by atoms with Crippen molar-refractivity contribution in [1.82, 2.24) is 9.97 Å². The van der Waals surface area contributed by atoms with Crippen molar-refractivity contribution in [3.63, 3.8) is 0 Å². The van der Waals surface area contributed by atoms with E-state index in [9.17, 15) is 4.79 Å². The highest BCUT2D eigenvalue weighted by molar-refractivity contribution is 5.93. The summed E-state index contributed by atoms with van der Waals surface area (Å²) < 4.78 is 0. The molecule has 0 saturated carbocycles. The Labute approximate surface area is 98.1 Å². The predicted octanol–water partition coefficient (Wildman–Crippen LogP) is 3.04. The molecule has 0 radical (unpaired) electrons. The third-order valence-electron chi connectivity index (χ3n) is 2.79. The Bertz CT molecular complexity index is 668. The predicted molar refractivity (Wildman–Crippen MR) is 66.9 cm³/mol. The molecule has 82 valence electrons. The molecule has 3 rings (SSSR count). The number of H-pyrrole nitrogens is 1. The van der Waals surface area contributed by atoms with Crippen molar-refractivity contribution in [2.75, 3.05) is 0 Å². The SMILES string of the molecule is O=Cc1ccc(-c2cccc3cc[nH]c23)nc1. The molecule has 1 N–H and O–H groups in total. The van der Waals surface area contributed by atoms with Crippen LogP contribution in [0.4, 0.5) is 0 Å². The number of carbonyl (C=O) groups is 1. The fourth-order valence-corrected chi connectivity index (χ4v) is 1.93. The number of aromatic amines is 1. The zero-order valence-electron chi connectivity index (χ0n) is 9.05. The second kappa shape index (κ2) is 3.87. The molecule has 0 atom stereocenters. The van der Waals surface area contributed by atoms with Crippen LogP contribution in [0.1, 0.15) is 10.4 Å². The van der Waals surface area contributed by atoms with Crippen LogP contribution < -0.4 is 0 Å². The Morgan fingerprint density at radius 3 is 2.82 bits per heavy atom. The zero-order chi connectivity index (χ0) is 11.7. The molecule has 17 heavy (non-hydrogen) atoms. The Morgan fingerprint density at radius 2 is 2.06 bits per heavy atom. The van der Waals surface area contributed by atoms with Gasteiger partial charge in [-0.15, -0.1) is 0 Å². The van der Waals surface area contributed by atoms with Gasteiger partial charge < -0.3 is 4.98 Å². The van der Waals surface area contributed by atoms with E-state index in [-0.39, 0.29) is 0 Å². The Balaban J connectivity index is 2.19. The van der Waals surface area contributed by atoms with Crippen molar-refractivity contribution in [2.24, 2.45) is 0 Å². The topological polar surface area (TPSA) is 45.8 Å². The summed E-state index contributed by atoms with van der Waals surface area (Å²) >= 11 is 0. The molecule has 3 aromatic rings. The maximum atomic E-state index is 10.6. The Morgan fingerprint density at radius 1 is 1.12 bits per heavy atom. The van der Waals surface area contributed by atoms with Crippen LogP contribution in [0.25, 0.3) is 22.2 Å². The quantitative estimate of drug-likeness (QED) is 0.677. The van der Waals surface area contributed by atoms with E-state index < -0.39 is 0 Å². The molecule has 0 unspecified atom stereocenters. The molecule has 0 fully saturated rings. The highest BCUT2D eigenvalue weighted by atomic mass is 16.1. The molecular formula is C14H10N2O. The lowest BCUT2D eigenvalue weighted by Gasteiger charge is -2.02. The molecule has 0 aliphatic carbocycles. The van der Waals surface area contributed by atoms with Crippen LogP contribution in [0.5, 0.6) is 0 Å². The number of para-hydroxylation sites is 1. The number of hydrogen-bond donors (Lipinski definition) is 1. The third-order valence-corrected chi connectivity index (χ3v) is 2.79. The van der Waals surface area contributed by atoms with Crippen molar-refractivity contribution in [3.8, 4) is 11.3 Å². The second-order valence-corrected chi connectivity index (χ2v) is 3.84. The maximum absolute atomic E-state index is 10.6. The van der Waals surface area contributed by atoms with E-state index in [4.69, 9.17) is 0 Å². The summed E-state index contributed by atoms with van der Waals surface area (Å²) in [6.07, 6.45) is 4.30. The monoisotopic (exact) mass is 222 g/mol. The first-order valence-electron chi connectivity index (χ1n) is 5.36. The van der Waals surface area contributed by atoms with Gasteiger partial charge in [0.25, 0.3) is 0 Å². The van der Waals surface area contributed by atoms with Crippen LogP contribution in [0.3, 0.4) is 0 Å². The van der Waals surface area contributed by atoms with Gasteiger partial charge in [0.15, 0.2) is 6.29 Å². The summed E-state index contributed by atoms with van der Waals surface area (Å²) in [5.41, 5.74) is 3.57.